The lowest BCUT2D eigenvalue weighted by molar-refractivity contribution is 0.0940. The van der Waals surface area contributed by atoms with Gasteiger partial charge in [-0.3, -0.25) is 0 Å². The first-order chi connectivity index (χ1) is 12.9. The third-order valence-electron chi connectivity index (χ3n) is 5.13. The maximum Gasteiger partial charge on any atom is 0.148 e. The van der Waals surface area contributed by atoms with Crippen molar-refractivity contribution in [3.05, 3.63) is 64.4 Å². The molecule has 3 N–H and O–H groups in total. The second-order valence-corrected chi connectivity index (χ2v) is 6.97. The zero-order chi connectivity index (χ0) is 19.3. The zero-order valence-corrected chi connectivity index (χ0v) is 15.3. The number of aliphatic hydroxyl groups is 1. The number of nitrogens with one attached hydrogen (secondary N) is 2. The van der Waals surface area contributed by atoms with Gasteiger partial charge in [0.25, 0.3) is 0 Å². The predicted molar refractivity (Wildman–Crippen MR) is 102 cm³/mol. The number of nitrogens with zero attached hydrogens (tertiary/aromatic N) is 2. The second-order valence-electron chi connectivity index (χ2n) is 6.97. The molecule has 0 spiro atoms. The van der Waals surface area contributed by atoms with E-state index >= 15 is 0 Å². The number of benzene rings is 2. The molecule has 0 saturated heterocycles. The Balaban J connectivity index is 2.01. The summed E-state index contributed by atoms with van der Waals surface area (Å²) in [7, 11) is 0. The fourth-order valence-electron chi connectivity index (χ4n) is 3.78. The van der Waals surface area contributed by atoms with Gasteiger partial charge in [-0.2, -0.15) is 5.26 Å². The highest BCUT2D eigenvalue weighted by molar-refractivity contribution is 5.89. The highest BCUT2D eigenvalue weighted by Gasteiger charge is 2.35. The number of nitriles is 1. The van der Waals surface area contributed by atoms with Crippen LogP contribution in [-0.2, 0) is 12.0 Å². The summed E-state index contributed by atoms with van der Waals surface area (Å²) < 4.78 is 14.6. The van der Waals surface area contributed by atoms with Gasteiger partial charge in [0.05, 0.1) is 28.2 Å². The Morgan fingerprint density at radius 2 is 2.11 bits per heavy atom. The maximum absolute atomic E-state index is 14.6. The number of aromatic amines is 2. The van der Waals surface area contributed by atoms with E-state index in [1.165, 1.54) is 6.20 Å². The van der Waals surface area contributed by atoms with E-state index in [0.29, 0.717) is 45.3 Å². The molecule has 1 unspecified atom stereocenters. The van der Waals surface area contributed by atoms with E-state index in [1.54, 1.807) is 25.1 Å². The van der Waals surface area contributed by atoms with E-state index in [9.17, 15) is 9.50 Å². The van der Waals surface area contributed by atoms with Crippen molar-refractivity contribution in [3.63, 3.8) is 0 Å². The zero-order valence-electron chi connectivity index (χ0n) is 15.3. The molecular formula is C21H19FN4O. The number of rotatable bonds is 3. The van der Waals surface area contributed by atoms with Crippen LogP contribution in [-0.4, -0.2) is 20.1 Å². The normalized spacial score (nSPS) is 13.8. The average molecular weight is 362 g/mol. The number of aromatic nitrogens is 3. The Bertz CT molecular complexity index is 1230. The van der Waals surface area contributed by atoms with E-state index in [-0.39, 0.29) is 0 Å². The van der Waals surface area contributed by atoms with Crippen molar-refractivity contribution in [2.75, 3.05) is 0 Å². The summed E-state index contributed by atoms with van der Waals surface area (Å²) in [5.41, 5.74) is 3.21. The van der Waals surface area contributed by atoms with Crippen LogP contribution in [0.4, 0.5) is 4.39 Å². The fraction of sp³-hybridized carbons (Fsp3) is 0.238. The van der Waals surface area contributed by atoms with Gasteiger partial charge in [0.15, 0.2) is 0 Å². The number of fused-ring (bicyclic) bond motifs is 2. The molecule has 0 aliphatic carbocycles. The van der Waals surface area contributed by atoms with Crippen molar-refractivity contribution in [2.24, 2.45) is 0 Å². The molecule has 2 heterocycles. The van der Waals surface area contributed by atoms with Crippen LogP contribution in [0.15, 0.2) is 30.5 Å². The summed E-state index contributed by atoms with van der Waals surface area (Å²) in [5.74, 6) is -0.0883. The smallest absolute Gasteiger partial charge is 0.148 e. The first-order valence-electron chi connectivity index (χ1n) is 8.79. The van der Waals surface area contributed by atoms with Gasteiger partial charge in [0.2, 0.25) is 0 Å². The fourth-order valence-corrected chi connectivity index (χ4v) is 3.78. The Labute approximate surface area is 155 Å². The molecule has 0 amide bonds. The van der Waals surface area contributed by atoms with E-state index in [1.807, 2.05) is 19.9 Å². The molecule has 0 aliphatic rings. The Kier molecular flexibility index (Phi) is 3.79. The summed E-state index contributed by atoms with van der Waals surface area (Å²) in [5, 5.41) is 21.0. The van der Waals surface area contributed by atoms with Crippen LogP contribution >= 0.6 is 0 Å². The van der Waals surface area contributed by atoms with Crippen LogP contribution < -0.4 is 0 Å². The van der Waals surface area contributed by atoms with Crippen LogP contribution in [0.3, 0.4) is 0 Å². The Morgan fingerprint density at radius 1 is 1.33 bits per heavy atom. The molecule has 27 heavy (non-hydrogen) atoms. The molecule has 4 rings (SSSR count). The van der Waals surface area contributed by atoms with Crippen LogP contribution in [0.2, 0.25) is 0 Å². The molecule has 136 valence electrons. The van der Waals surface area contributed by atoms with Crippen LogP contribution in [0.1, 0.15) is 41.9 Å². The topological polar surface area (TPSA) is 88.5 Å². The number of hydrogen-bond donors (Lipinski definition) is 3. The number of aryl methyl sites for hydroxylation is 2. The first-order valence-corrected chi connectivity index (χ1v) is 8.79. The quantitative estimate of drug-likeness (QED) is 0.511. The minimum absolute atomic E-state index is 0.313. The summed E-state index contributed by atoms with van der Waals surface area (Å²) in [6.45, 7) is 5.51. The summed E-state index contributed by atoms with van der Waals surface area (Å²) in [6.07, 6.45) is 1.96. The number of imidazole rings is 1. The van der Waals surface area contributed by atoms with Gasteiger partial charge in [-0.25, -0.2) is 9.37 Å². The van der Waals surface area contributed by atoms with E-state index < -0.39 is 11.4 Å². The van der Waals surface area contributed by atoms with Gasteiger partial charge in [0.1, 0.15) is 17.2 Å². The minimum Gasteiger partial charge on any atom is -0.377 e. The monoisotopic (exact) mass is 362 g/mol. The van der Waals surface area contributed by atoms with Crippen LogP contribution in [0, 0.1) is 24.1 Å². The standard InChI is InChI=1S/C21H19FN4O/c1-4-13-7-11(2)19-17(14(22)10-24-19)18(13)21(3,27)20-25-15-6-5-12(9-23)8-16(15)26-20/h5-8,10,24,27H,4H2,1-3H3,(H,25,26). The molecule has 1 atom stereocenters. The summed E-state index contributed by atoms with van der Waals surface area (Å²) in [6, 6.07) is 9.15. The highest BCUT2D eigenvalue weighted by atomic mass is 19.1. The number of H-pyrrole nitrogens is 2. The minimum atomic E-state index is -1.54. The molecule has 6 heteroatoms. The first kappa shape index (κ1) is 17.3. The van der Waals surface area contributed by atoms with Gasteiger partial charge in [-0.1, -0.05) is 13.0 Å². The van der Waals surface area contributed by atoms with Crippen molar-refractivity contribution in [2.45, 2.75) is 32.8 Å². The molecule has 2 aromatic carbocycles. The average Bonchev–Trinajstić information content (AvgIpc) is 3.25. The van der Waals surface area contributed by atoms with E-state index in [0.717, 1.165) is 11.1 Å². The van der Waals surface area contributed by atoms with Crippen LogP contribution in [0.25, 0.3) is 21.9 Å². The van der Waals surface area contributed by atoms with Crippen molar-refractivity contribution >= 4 is 21.9 Å². The molecule has 0 saturated carbocycles. The molecule has 5 nitrogen and oxygen atoms in total. The van der Waals surface area contributed by atoms with Crippen molar-refractivity contribution in [1.82, 2.24) is 15.0 Å². The summed E-state index contributed by atoms with van der Waals surface area (Å²) >= 11 is 0. The van der Waals surface area contributed by atoms with Gasteiger partial charge in [0, 0.05) is 17.1 Å². The lowest BCUT2D eigenvalue weighted by Gasteiger charge is -2.26. The predicted octanol–water partition coefficient (Wildman–Crippen LogP) is 4.18. The van der Waals surface area contributed by atoms with E-state index in [4.69, 9.17) is 5.26 Å². The van der Waals surface area contributed by atoms with Gasteiger partial charge < -0.3 is 15.1 Å². The molecule has 0 aliphatic heterocycles. The SMILES string of the molecule is CCc1cc(C)c2[nH]cc(F)c2c1C(C)(O)c1nc2cc(C#N)ccc2[nH]1. The largest absolute Gasteiger partial charge is 0.377 e. The molecule has 0 fully saturated rings. The third-order valence-corrected chi connectivity index (χ3v) is 5.13. The maximum atomic E-state index is 14.6. The Morgan fingerprint density at radius 3 is 2.81 bits per heavy atom. The van der Waals surface area contributed by atoms with Crippen molar-refractivity contribution in [3.8, 4) is 6.07 Å². The van der Waals surface area contributed by atoms with Gasteiger partial charge in [-0.15, -0.1) is 0 Å². The number of hydrogen-bond acceptors (Lipinski definition) is 3. The second kappa shape index (κ2) is 5.93. The van der Waals surface area contributed by atoms with Crippen molar-refractivity contribution < 1.29 is 9.50 Å². The summed E-state index contributed by atoms with van der Waals surface area (Å²) in [4.78, 5) is 10.6. The molecule has 2 aromatic heterocycles. The number of halogens is 1. The van der Waals surface area contributed by atoms with Gasteiger partial charge >= 0.3 is 0 Å². The van der Waals surface area contributed by atoms with E-state index in [2.05, 4.69) is 21.0 Å². The lowest BCUT2D eigenvalue weighted by atomic mass is 9.85. The lowest BCUT2D eigenvalue weighted by Crippen LogP contribution is -2.27. The third kappa shape index (κ3) is 2.51. The van der Waals surface area contributed by atoms with Crippen molar-refractivity contribution in [1.29, 1.82) is 5.26 Å². The molecule has 0 bridgehead atoms. The Hall–Kier alpha value is -3.17. The molecular weight excluding hydrogens is 343 g/mol. The highest BCUT2D eigenvalue weighted by Crippen LogP contribution is 2.39. The molecule has 4 aromatic rings. The van der Waals surface area contributed by atoms with Crippen LogP contribution in [0.5, 0.6) is 0 Å². The van der Waals surface area contributed by atoms with Gasteiger partial charge in [-0.05, 0) is 49.6 Å². The molecule has 0 radical (unpaired) electrons.